The quantitative estimate of drug-likeness (QED) is 0.845. The van der Waals surface area contributed by atoms with Gasteiger partial charge in [-0.3, -0.25) is 9.59 Å². The molecule has 0 spiro atoms. The van der Waals surface area contributed by atoms with Crippen LogP contribution in [0.3, 0.4) is 0 Å². The highest BCUT2D eigenvalue weighted by atomic mass is 16.1. The SMILES string of the molecule is C=CCNC(=O)CCn1c(=O)c(C)cc2ccccc21. The van der Waals surface area contributed by atoms with Crippen LogP contribution < -0.4 is 10.9 Å². The first-order valence-electron chi connectivity index (χ1n) is 6.60. The standard InChI is InChI=1S/C16H18N2O2/c1-3-9-17-15(19)8-10-18-14-7-5-4-6-13(14)11-12(2)16(18)20/h3-7,11H,1,8-10H2,2H3,(H,17,19). The van der Waals surface area contributed by atoms with Gasteiger partial charge in [0.1, 0.15) is 0 Å². The van der Waals surface area contributed by atoms with Gasteiger partial charge in [-0.15, -0.1) is 6.58 Å². The summed E-state index contributed by atoms with van der Waals surface area (Å²) in [4.78, 5) is 23.9. The van der Waals surface area contributed by atoms with Gasteiger partial charge in [0.2, 0.25) is 5.91 Å². The molecule has 0 aliphatic heterocycles. The van der Waals surface area contributed by atoms with Crippen LogP contribution in [0.4, 0.5) is 0 Å². The molecular formula is C16H18N2O2. The maximum absolute atomic E-state index is 12.2. The van der Waals surface area contributed by atoms with Crippen molar-refractivity contribution in [1.29, 1.82) is 0 Å². The molecular weight excluding hydrogens is 252 g/mol. The number of fused-ring (bicyclic) bond motifs is 1. The zero-order valence-corrected chi connectivity index (χ0v) is 11.6. The first-order chi connectivity index (χ1) is 9.63. The molecule has 1 N–H and O–H groups in total. The van der Waals surface area contributed by atoms with Crippen molar-refractivity contribution in [3.63, 3.8) is 0 Å². The fourth-order valence-electron chi connectivity index (χ4n) is 2.18. The zero-order valence-electron chi connectivity index (χ0n) is 11.6. The molecule has 0 saturated carbocycles. The lowest BCUT2D eigenvalue weighted by atomic mass is 10.1. The molecule has 1 aromatic heterocycles. The van der Waals surface area contributed by atoms with Crippen molar-refractivity contribution in [1.82, 2.24) is 9.88 Å². The lowest BCUT2D eigenvalue weighted by Gasteiger charge is -2.11. The maximum atomic E-state index is 12.2. The van der Waals surface area contributed by atoms with Crippen molar-refractivity contribution in [2.24, 2.45) is 0 Å². The fraction of sp³-hybridized carbons (Fsp3) is 0.250. The minimum atomic E-state index is -0.0811. The number of aromatic nitrogens is 1. The average molecular weight is 270 g/mol. The summed E-state index contributed by atoms with van der Waals surface area (Å²) in [5, 5.41) is 3.72. The molecule has 4 heteroatoms. The minimum absolute atomic E-state index is 0.0415. The Kier molecular flexibility index (Phi) is 4.35. The predicted octanol–water partition coefficient (Wildman–Crippen LogP) is 2.00. The largest absolute Gasteiger partial charge is 0.353 e. The van der Waals surface area contributed by atoms with E-state index in [4.69, 9.17) is 0 Å². The Morgan fingerprint density at radius 2 is 2.15 bits per heavy atom. The molecule has 1 amide bonds. The highest BCUT2D eigenvalue weighted by molar-refractivity contribution is 5.80. The van der Waals surface area contributed by atoms with Crippen molar-refractivity contribution in [3.8, 4) is 0 Å². The number of rotatable bonds is 5. The normalized spacial score (nSPS) is 10.4. The number of benzene rings is 1. The van der Waals surface area contributed by atoms with Crippen LogP contribution in [0.1, 0.15) is 12.0 Å². The second kappa shape index (κ2) is 6.19. The van der Waals surface area contributed by atoms with E-state index in [9.17, 15) is 9.59 Å². The summed E-state index contributed by atoms with van der Waals surface area (Å²) in [6, 6.07) is 9.58. The van der Waals surface area contributed by atoms with E-state index in [1.54, 1.807) is 17.6 Å². The number of hydrogen-bond acceptors (Lipinski definition) is 2. The Balaban J connectivity index is 2.29. The first kappa shape index (κ1) is 14.1. The molecule has 0 fully saturated rings. The van der Waals surface area contributed by atoms with Gasteiger partial charge in [-0.05, 0) is 24.4 Å². The number of nitrogens with zero attached hydrogens (tertiary/aromatic N) is 1. The minimum Gasteiger partial charge on any atom is -0.353 e. The number of pyridine rings is 1. The third kappa shape index (κ3) is 2.96. The fourth-order valence-corrected chi connectivity index (χ4v) is 2.18. The number of nitrogens with one attached hydrogen (secondary N) is 1. The molecule has 0 radical (unpaired) electrons. The van der Waals surface area contributed by atoms with E-state index < -0.39 is 0 Å². The lowest BCUT2D eigenvalue weighted by Crippen LogP contribution is -2.28. The summed E-state index contributed by atoms with van der Waals surface area (Å²) >= 11 is 0. The van der Waals surface area contributed by atoms with E-state index in [2.05, 4.69) is 11.9 Å². The summed E-state index contributed by atoms with van der Waals surface area (Å²) in [7, 11) is 0. The van der Waals surface area contributed by atoms with Gasteiger partial charge in [0.25, 0.3) is 5.56 Å². The molecule has 20 heavy (non-hydrogen) atoms. The Morgan fingerprint density at radius 3 is 2.90 bits per heavy atom. The van der Waals surface area contributed by atoms with E-state index in [1.807, 2.05) is 30.3 Å². The van der Waals surface area contributed by atoms with Crippen molar-refractivity contribution in [2.75, 3.05) is 6.54 Å². The molecule has 0 unspecified atom stereocenters. The van der Waals surface area contributed by atoms with E-state index in [1.165, 1.54) is 0 Å². The highest BCUT2D eigenvalue weighted by Crippen LogP contribution is 2.13. The van der Waals surface area contributed by atoms with E-state index >= 15 is 0 Å². The van der Waals surface area contributed by atoms with E-state index in [0.717, 1.165) is 10.9 Å². The molecule has 1 aromatic carbocycles. The molecule has 104 valence electrons. The van der Waals surface area contributed by atoms with Crippen LogP contribution in [0, 0.1) is 6.92 Å². The number of aryl methyl sites for hydroxylation is 2. The molecule has 0 aliphatic rings. The molecule has 4 nitrogen and oxygen atoms in total. The predicted molar refractivity (Wildman–Crippen MR) is 80.8 cm³/mol. The Labute approximate surface area is 117 Å². The second-order valence-corrected chi connectivity index (χ2v) is 4.69. The van der Waals surface area contributed by atoms with Gasteiger partial charge in [0, 0.05) is 25.1 Å². The van der Waals surface area contributed by atoms with E-state index in [-0.39, 0.29) is 17.9 Å². The molecule has 2 aromatic rings. The van der Waals surface area contributed by atoms with Crippen LogP contribution in [-0.2, 0) is 11.3 Å². The number of amides is 1. The molecule has 1 heterocycles. The zero-order chi connectivity index (χ0) is 14.5. The highest BCUT2D eigenvalue weighted by Gasteiger charge is 2.08. The topological polar surface area (TPSA) is 51.1 Å². The molecule has 0 bridgehead atoms. The van der Waals surface area contributed by atoms with Gasteiger partial charge in [0.05, 0.1) is 5.52 Å². The number of carbonyl (C=O) groups excluding carboxylic acids is 1. The average Bonchev–Trinajstić information content (AvgIpc) is 2.45. The van der Waals surface area contributed by atoms with Crippen LogP contribution in [0.15, 0.2) is 47.8 Å². The Morgan fingerprint density at radius 1 is 1.40 bits per heavy atom. The summed E-state index contributed by atoms with van der Waals surface area (Å²) in [5.41, 5.74) is 1.51. The summed E-state index contributed by atoms with van der Waals surface area (Å²) in [6.45, 7) is 6.17. The number of para-hydroxylation sites is 1. The molecule has 2 rings (SSSR count). The molecule has 0 saturated heterocycles. The van der Waals surface area contributed by atoms with Gasteiger partial charge in [-0.2, -0.15) is 0 Å². The van der Waals surface area contributed by atoms with Gasteiger partial charge in [0.15, 0.2) is 0 Å². The monoisotopic (exact) mass is 270 g/mol. The maximum Gasteiger partial charge on any atom is 0.253 e. The van der Waals surface area contributed by atoms with Crippen molar-refractivity contribution >= 4 is 16.8 Å². The smallest absolute Gasteiger partial charge is 0.253 e. The van der Waals surface area contributed by atoms with E-state index in [0.29, 0.717) is 18.7 Å². The third-order valence-corrected chi connectivity index (χ3v) is 3.19. The summed E-state index contributed by atoms with van der Waals surface area (Å²) in [6.07, 6.45) is 1.91. The van der Waals surface area contributed by atoms with Crippen molar-refractivity contribution in [3.05, 3.63) is 58.9 Å². The molecule has 0 aliphatic carbocycles. The third-order valence-electron chi connectivity index (χ3n) is 3.19. The van der Waals surface area contributed by atoms with Crippen LogP contribution in [0.2, 0.25) is 0 Å². The molecule has 0 atom stereocenters. The second-order valence-electron chi connectivity index (χ2n) is 4.69. The Hall–Kier alpha value is -2.36. The van der Waals surface area contributed by atoms with Crippen LogP contribution in [-0.4, -0.2) is 17.0 Å². The van der Waals surface area contributed by atoms with Crippen molar-refractivity contribution < 1.29 is 4.79 Å². The summed E-state index contributed by atoms with van der Waals surface area (Å²) in [5.74, 6) is -0.0811. The number of carbonyl (C=O) groups is 1. The van der Waals surface area contributed by atoms with Gasteiger partial charge in [-0.25, -0.2) is 0 Å². The van der Waals surface area contributed by atoms with Crippen molar-refractivity contribution in [2.45, 2.75) is 19.9 Å². The van der Waals surface area contributed by atoms with Gasteiger partial charge in [-0.1, -0.05) is 24.3 Å². The summed E-state index contributed by atoms with van der Waals surface area (Å²) < 4.78 is 1.66. The number of hydrogen-bond donors (Lipinski definition) is 1. The van der Waals surface area contributed by atoms with Crippen LogP contribution in [0.5, 0.6) is 0 Å². The van der Waals surface area contributed by atoms with Gasteiger partial charge < -0.3 is 9.88 Å². The first-order valence-corrected chi connectivity index (χ1v) is 6.60. The van der Waals surface area contributed by atoms with Gasteiger partial charge >= 0.3 is 0 Å². The van der Waals surface area contributed by atoms with Crippen LogP contribution in [0.25, 0.3) is 10.9 Å². The van der Waals surface area contributed by atoms with Crippen LogP contribution >= 0.6 is 0 Å². The lowest BCUT2D eigenvalue weighted by molar-refractivity contribution is -0.121. The Bertz CT molecular complexity index is 701.